The van der Waals surface area contributed by atoms with Crippen molar-refractivity contribution in [2.75, 3.05) is 19.6 Å². The third-order valence-electron chi connectivity index (χ3n) is 3.66. The van der Waals surface area contributed by atoms with Crippen LogP contribution >= 0.6 is 22.9 Å². The van der Waals surface area contributed by atoms with Crippen LogP contribution < -0.4 is 5.32 Å². The van der Waals surface area contributed by atoms with Gasteiger partial charge >= 0.3 is 0 Å². The lowest BCUT2D eigenvalue weighted by atomic mass is 9.97. The highest BCUT2D eigenvalue weighted by atomic mass is 35.5. The Morgan fingerprint density at radius 3 is 2.90 bits per heavy atom. The molecule has 1 aromatic heterocycles. The van der Waals surface area contributed by atoms with Crippen LogP contribution in [0.5, 0.6) is 0 Å². The molecule has 116 valence electrons. The van der Waals surface area contributed by atoms with Gasteiger partial charge in [0.25, 0.3) is 0 Å². The van der Waals surface area contributed by atoms with Crippen molar-refractivity contribution >= 4 is 34.8 Å². The minimum Gasteiger partial charge on any atom is -0.355 e. The molecule has 1 saturated heterocycles. The summed E-state index contributed by atoms with van der Waals surface area (Å²) in [5.74, 6) is -0.0232. The molecule has 0 bridgehead atoms. The molecule has 2 heterocycles. The average molecular weight is 330 g/mol. The molecule has 1 aliphatic rings. The molecule has 1 fully saturated rings. The second kappa shape index (κ2) is 7.22. The van der Waals surface area contributed by atoms with Crippen LogP contribution in [0.3, 0.4) is 0 Å². The molecule has 0 unspecified atom stereocenters. The molecule has 2 rings (SSSR count). The van der Waals surface area contributed by atoms with Crippen molar-refractivity contribution in [3.8, 4) is 0 Å². The number of aryl methyl sites for hydroxylation is 1. The molecule has 5 nitrogen and oxygen atoms in total. The van der Waals surface area contributed by atoms with Crippen molar-refractivity contribution < 1.29 is 9.59 Å². The fourth-order valence-electron chi connectivity index (χ4n) is 2.45. The number of piperidine rings is 1. The van der Waals surface area contributed by atoms with Gasteiger partial charge in [-0.3, -0.25) is 9.59 Å². The van der Waals surface area contributed by atoms with Crippen molar-refractivity contribution in [2.45, 2.75) is 33.1 Å². The van der Waals surface area contributed by atoms with Crippen LogP contribution in [0.2, 0.25) is 4.34 Å². The fourth-order valence-corrected chi connectivity index (χ4v) is 3.55. The maximum Gasteiger partial charge on any atom is 0.224 e. The summed E-state index contributed by atoms with van der Waals surface area (Å²) in [6.45, 7) is 5.27. The van der Waals surface area contributed by atoms with E-state index in [1.807, 2.05) is 6.92 Å². The van der Waals surface area contributed by atoms with E-state index in [4.69, 9.17) is 11.6 Å². The Balaban J connectivity index is 1.77. The highest BCUT2D eigenvalue weighted by molar-refractivity contribution is 7.16. The zero-order chi connectivity index (χ0) is 15.4. The van der Waals surface area contributed by atoms with Gasteiger partial charge in [0.15, 0.2) is 0 Å². The number of carbonyl (C=O) groups excluding carboxylic acids is 2. The summed E-state index contributed by atoms with van der Waals surface area (Å²) < 4.78 is 0.709. The normalized spacial score (nSPS) is 18.6. The average Bonchev–Trinajstić information content (AvgIpc) is 2.77. The van der Waals surface area contributed by atoms with E-state index in [0.717, 1.165) is 30.1 Å². The Morgan fingerprint density at radius 2 is 2.29 bits per heavy atom. The molecule has 7 heteroatoms. The van der Waals surface area contributed by atoms with Crippen molar-refractivity contribution in [2.24, 2.45) is 5.92 Å². The molecule has 1 N–H and O–H groups in total. The van der Waals surface area contributed by atoms with Gasteiger partial charge in [-0.05, 0) is 19.8 Å². The molecule has 1 aromatic rings. The zero-order valence-corrected chi connectivity index (χ0v) is 13.9. The third-order valence-corrected chi connectivity index (χ3v) is 5.17. The molecule has 1 atom stereocenters. The van der Waals surface area contributed by atoms with E-state index >= 15 is 0 Å². The number of aromatic nitrogens is 1. The molecule has 21 heavy (non-hydrogen) atoms. The van der Waals surface area contributed by atoms with Crippen LogP contribution in [0.25, 0.3) is 0 Å². The van der Waals surface area contributed by atoms with Crippen LogP contribution in [0.4, 0.5) is 0 Å². The van der Waals surface area contributed by atoms with Gasteiger partial charge in [0, 0.05) is 33.0 Å². The third kappa shape index (κ3) is 4.41. The number of rotatable bonds is 4. The number of halogens is 1. The SMILES string of the molecule is CC(=O)N1CCC[C@@H](C(=O)NCCc2nc(C)c(Cl)s2)C1. The van der Waals surface area contributed by atoms with Crippen molar-refractivity contribution in [1.82, 2.24) is 15.2 Å². The number of amides is 2. The van der Waals surface area contributed by atoms with Crippen LogP contribution in [-0.4, -0.2) is 41.3 Å². The summed E-state index contributed by atoms with van der Waals surface area (Å²) >= 11 is 7.43. The van der Waals surface area contributed by atoms with Gasteiger partial charge in [-0.1, -0.05) is 11.6 Å². The van der Waals surface area contributed by atoms with Crippen LogP contribution in [0, 0.1) is 12.8 Å². The van der Waals surface area contributed by atoms with Crippen molar-refractivity contribution in [3.63, 3.8) is 0 Å². The van der Waals surface area contributed by atoms with E-state index in [-0.39, 0.29) is 17.7 Å². The molecular weight excluding hydrogens is 310 g/mol. The summed E-state index contributed by atoms with van der Waals surface area (Å²) in [6.07, 6.45) is 2.42. The fraction of sp³-hybridized carbons (Fsp3) is 0.643. The second-order valence-electron chi connectivity index (χ2n) is 5.31. The predicted octanol–water partition coefficient (Wildman–Crippen LogP) is 2.02. The van der Waals surface area contributed by atoms with Crippen LogP contribution in [0.1, 0.15) is 30.5 Å². The molecule has 2 amide bonds. The molecule has 0 aromatic carbocycles. The maximum absolute atomic E-state index is 12.1. The van der Waals surface area contributed by atoms with E-state index < -0.39 is 0 Å². The van der Waals surface area contributed by atoms with Gasteiger partial charge in [0.2, 0.25) is 11.8 Å². The van der Waals surface area contributed by atoms with E-state index in [2.05, 4.69) is 10.3 Å². The first-order chi connectivity index (χ1) is 9.97. The summed E-state index contributed by atoms with van der Waals surface area (Å²) in [5, 5.41) is 3.87. The number of carbonyl (C=O) groups is 2. The van der Waals surface area contributed by atoms with E-state index in [1.54, 1.807) is 11.8 Å². The van der Waals surface area contributed by atoms with Gasteiger partial charge in [-0.25, -0.2) is 4.98 Å². The Labute approximate surface area is 133 Å². The topological polar surface area (TPSA) is 62.3 Å². The van der Waals surface area contributed by atoms with Gasteiger partial charge in [0.1, 0.15) is 4.34 Å². The van der Waals surface area contributed by atoms with Gasteiger partial charge in [-0.2, -0.15) is 0 Å². The number of likely N-dealkylation sites (tertiary alicyclic amines) is 1. The molecule has 0 saturated carbocycles. The first-order valence-electron chi connectivity index (χ1n) is 7.12. The molecule has 0 spiro atoms. The first kappa shape index (κ1) is 16.2. The van der Waals surface area contributed by atoms with Crippen molar-refractivity contribution in [1.29, 1.82) is 0 Å². The molecule has 1 aliphatic heterocycles. The van der Waals surface area contributed by atoms with Crippen LogP contribution in [-0.2, 0) is 16.0 Å². The van der Waals surface area contributed by atoms with Crippen molar-refractivity contribution in [3.05, 3.63) is 15.0 Å². The minimum atomic E-state index is -0.0933. The van der Waals surface area contributed by atoms with Gasteiger partial charge in [-0.15, -0.1) is 11.3 Å². The highest BCUT2D eigenvalue weighted by Gasteiger charge is 2.26. The highest BCUT2D eigenvalue weighted by Crippen LogP contribution is 2.23. The van der Waals surface area contributed by atoms with Gasteiger partial charge in [0.05, 0.1) is 16.6 Å². The molecule has 0 aliphatic carbocycles. The predicted molar refractivity (Wildman–Crippen MR) is 83.6 cm³/mol. The van der Waals surface area contributed by atoms with Crippen LogP contribution in [0.15, 0.2) is 0 Å². The number of hydrogen-bond donors (Lipinski definition) is 1. The molecule has 0 radical (unpaired) electrons. The second-order valence-corrected chi connectivity index (χ2v) is 7.00. The first-order valence-corrected chi connectivity index (χ1v) is 8.32. The lowest BCUT2D eigenvalue weighted by molar-refractivity contribution is -0.133. The minimum absolute atomic E-state index is 0.0281. The summed E-state index contributed by atoms with van der Waals surface area (Å²) in [7, 11) is 0. The quantitative estimate of drug-likeness (QED) is 0.919. The Morgan fingerprint density at radius 1 is 1.52 bits per heavy atom. The number of nitrogens with zero attached hydrogens (tertiary/aromatic N) is 2. The standard InChI is InChI=1S/C14H20ClN3O2S/c1-9-13(15)21-12(17-9)5-6-16-14(20)11-4-3-7-18(8-11)10(2)19/h11H,3-8H2,1-2H3,(H,16,20)/t11-/m1/s1. The lowest BCUT2D eigenvalue weighted by Gasteiger charge is -2.31. The largest absolute Gasteiger partial charge is 0.355 e. The number of thiazole rings is 1. The Hall–Kier alpha value is -1.14. The summed E-state index contributed by atoms with van der Waals surface area (Å²) in [4.78, 5) is 29.6. The van der Waals surface area contributed by atoms with E-state index in [0.29, 0.717) is 23.8 Å². The molecular formula is C14H20ClN3O2S. The Bertz CT molecular complexity index is 513. The van der Waals surface area contributed by atoms with E-state index in [1.165, 1.54) is 11.3 Å². The summed E-state index contributed by atoms with van der Waals surface area (Å²) in [5.41, 5.74) is 0.840. The lowest BCUT2D eigenvalue weighted by Crippen LogP contribution is -2.45. The van der Waals surface area contributed by atoms with Gasteiger partial charge < -0.3 is 10.2 Å². The zero-order valence-electron chi connectivity index (χ0n) is 12.3. The summed E-state index contributed by atoms with van der Waals surface area (Å²) in [6, 6.07) is 0. The maximum atomic E-state index is 12.1. The smallest absolute Gasteiger partial charge is 0.224 e. The Kier molecular flexibility index (Phi) is 5.58. The number of nitrogens with one attached hydrogen (secondary N) is 1. The van der Waals surface area contributed by atoms with E-state index in [9.17, 15) is 9.59 Å². The monoisotopic (exact) mass is 329 g/mol. The number of hydrogen-bond acceptors (Lipinski definition) is 4.